The molecule has 13 heavy (non-hydrogen) atoms. The standard InChI is InChI=1S/C10H15ClN2/c1-7-5-9(4-3-8(2)12)6-13-10(7)11/h5-6,8H,3-4,12H2,1-2H3. The molecule has 1 atom stereocenters. The molecule has 1 rings (SSSR count). The van der Waals surface area contributed by atoms with Crippen molar-refractivity contribution in [3.63, 3.8) is 0 Å². The summed E-state index contributed by atoms with van der Waals surface area (Å²) >= 11 is 5.81. The molecule has 0 radical (unpaired) electrons. The van der Waals surface area contributed by atoms with Gasteiger partial charge in [0.1, 0.15) is 5.15 Å². The van der Waals surface area contributed by atoms with Crippen LogP contribution in [-0.4, -0.2) is 11.0 Å². The lowest BCUT2D eigenvalue weighted by molar-refractivity contribution is 0.665. The molecule has 2 N–H and O–H groups in total. The van der Waals surface area contributed by atoms with E-state index in [1.54, 1.807) is 0 Å². The van der Waals surface area contributed by atoms with Crippen LogP contribution < -0.4 is 5.73 Å². The fourth-order valence-electron chi connectivity index (χ4n) is 1.15. The molecule has 0 spiro atoms. The van der Waals surface area contributed by atoms with Crippen LogP contribution >= 0.6 is 11.6 Å². The third kappa shape index (κ3) is 3.33. The Bertz CT molecular complexity index is 284. The van der Waals surface area contributed by atoms with Crippen molar-refractivity contribution >= 4 is 11.6 Å². The predicted octanol–water partition coefficient (Wildman–Crippen LogP) is 2.32. The minimum Gasteiger partial charge on any atom is -0.328 e. The molecule has 0 aliphatic carbocycles. The summed E-state index contributed by atoms with van der Waals surface area (Å²) in [6.45, 7) is 3.97. The van der Waals surface area contributed by atoms with Crippen LogP contribution in [0.15, 0.2) is 12.3 Å². The number of nitrogens with two attached hydrogens (primary N) is 1. The molecule has 0 aromatic carbocycles. The molecule has 1 aromatic heterocycles. The van der Waals surface area contributed by atoms with Gasteiger partial charge in [-0.25, -0.2) is 4.98 Å². The zero-order valence-electron chi connectivity index (χ0n) is 8.05. The van der Waals surface area contributed by atoms with Gasteiger partial charge in [-0.15, -0.1) is 0 Å². The minimum absolute atomic E-state index is 0.246. The predicted molar refractivity (Wildman–Crippen MR) is 56.0 cm³/mol. The van der Waals surface area contributed by atoms with Crippen LogP contribution in [0.25, 0.3) is 0 Å². The Hall–Kier alpha value is -0.600. The molecule has 1 aromatic rings. The van der Waals surface area contributed by atoms with E-state index >= 15 is 0 Å². The zero-order valence-corrected chi connectivity index (χ0v) is 8.80. The molecular weight excluding hydrogens is 184 g/mol. The summed E-state index contributed by atoms with van der Waals surface area (Å²) in [7, 11) is 0. The second-order valence-electron chi connectivity index (χ2n) is 3.47. The van der Waals surface area contributed by atoms with Crippen molar-refractivity contribution in [2.24, 2.45) is 5.73 Å². The summed E-state index contributed by atoms with van der Waals surface area (Å²) in [5.74, 6) is 0. The van der Waals surface area contributed by atoms with Gasteiger partial charge < -0.3 is 5.73 Å². The van der Waals surface area contributed by atoms with E-state index in [1.165, 1.54) is 5.56 Å². The lowest BCUT2D eigenvalue weighted by Crippen LogP contribution is -2.15. The minimum atomic E-state index is 0.246. The molecule has 1 heterocycles. The van der Waals surface area contributed by atoms with Crippen LogP contribution in [-0.2, 0) is 6.42 Å². The van der Waals surface area contributed by atoms with Gasteiger partial charge in [0.15, 0.2) is 0 Å². The summed E-state index contributed by atoms with van der Waals surface area (Å²) in [5, 5.41) is 0.588. The highest BCUT2D eigenvalue weighted by molar-refractivity contribution is 6.30. The second kappa shape index (κ2) is 4.58. The van der Waals surface area contributed by atoms with Gasteiger partial charge in [0, 0.05) is 12.2 Å². The van der Waals surface area contributed by atoms with Crippen LogP contribution in [0.3, 0.4) is 0 Å². The van der Waals surface area contributed by atoms with E-state index in [0.29, 0.717) is 5.15 Å². The molecule has 0 aliphatic heterocycles. The van der Waals surface area contributed by atoms with E-state index in [1.807, 2.05) is 20.0 Å². The van der Waals surface area contributed by atoms with Crippen molar-refractivity contribution in [2.75, 3.05) is 0 Å². The fourth-order valence-corrected chi connectivity index (χ4v) is 1.25. The van der Waals surface area contributed by atoms with Crippen LogP contribution in [0.4, 0.5) is 0 Å². The van der Waals surface area contributed by atoms with Crippen LogP contribution in [0.5, 0.6) is 0 Å². The summed E-state index contributed by atoms with van der Waals surface area (Å²) < 4.78 is 0. The molecule has 0 amide bonds. The van der Waals surface area contributed by atoms with Crippen molar-refractivity contribution in [1.82, 2.24) is 4.98 Å². The molecule has 3 heteroatoms. The first-order valence-corrected chi connectivity index (χ1v) is 4.84. The topological polar surface area (TPSA) is 38.9 Å². The number of hydrogen-bond donors (Lipinski definition) is 1. The Morgan fingerprint density at radius 1 is 1.62 bits per heavy atom. The third-order valence-corrected chi connectivity index (χ3v) is 2.36. The number of rotatable bonds is 3. The van der Waals surface area contributed by atoms with E-state index < -0.39 is 0 Å². The SMILES string of the molecule is Cc1cc(CCC(C)N)cnc1Cl. The van der Waals surface area contributed by atoms with E-state index in [0.717, 1.165) is 18.4 Å². The van der Waals surface area contributed by atoms with Crippen LogP contribution in [0.1, 0.15) is 24.5 Å². The number of halogens is 1. The monoisotopic (exact) mass is 198 g/mol. The normalized spacial score (nSPS) is 12.9. The third-order valence-electron chi connectivity index (χ3n) is 1.96. The van der Waals surface area contributed by atoms with Crippen molar-refractivity contribution in [3.8, 4) is 0 Å². The summed E-state index contributed by atoms with van der Waals surface area (Å²) in [6.07, 6.45) is 3.78. The number of aryl methyl sites for hydroxylation is 2. The van der Waals surface area contributed by atoms with Crippen molar-refractivity contribution in [3.05, 3.63) is 28.5 Å². The van der Waals surface area contributed by atoms with Crippen LogP contribution in [0, 0.1) is 6.92 Å². The maximum atomic E-state index is 5.81. The Morgan fingerprint density at radius 3 is 2.85 bits per heavy atom. The Balaban J connectivity index is 2.63. The first-order chi connectivity index (χ1) is 6.09. The molecule has 0 aliphatic rings. The van der Waals surface area contributed by atoms with Crippen LogP contribution in [0.2, 0.25) is 5.15 Å². The largest absolute Gasteiger partial charge is 0.328 e. The lowest BCUT2D eigenvalue weighted by Gasteiger charge is -2.05. The molecular formula is C10H15ClN2. The molecule has 72 valence electrons. The molecule has 0 saturated heterocycles. The van der Waals surface area contributed by atoms with Gasteiger partial charge in [0.05, 0.1) is 0 Å². The van der Waals surface area contributed by atoms with Gasteiger partial charge in [0.2, 0.25) is 0 Å². The maximum Gasteiger partial charge on any atom is 0.131 e. The fraction of sp³-hybridized carbons (Fsp3) is 0.500. The van der Waals surface area contributed by atoms with Gasteiger partial charge in [-0.1, -0.05) is 17.7 Å². The summed E-state index contributed by atoms with van der Waals surface area (Å²) in [4.78, 5) is 4.08. The van der Waals surface area contributed by atoms with Gasteiger partial charge in [-0.2, -0.15) is 0 Å². The van der Waals surface area contributed by atoms with Gasteiger partial charge in [-0.05, 0) is 37.8 Å². The summed E-state index contributed by atoms with van der Waals surface area (Å²) in [6, 6.07) is 2.31. The molecule has 1 unspecified atom stereocenters. The molecule has 0 bridgehead atoms. The van der Waals surface area contributed by atoms with Gasteiger partial charge in [-0.3, -0.25) is 0 Å². The average molecular weight is 199 g/mol. The van der Waals surface area contributed by atoms with E-state index in [2.05, 4.69) is 11.1 Å². The Labute approximate surface area is 84.1 Å². The highest BCUT2D eigenvalue weighted by Crippen LogP contribution is 2.13. The van der Waals surface area contributed by atoms with E-state index in [-0.39, 0.29) is 6.04 Å². The van der Waals surface area contributed by atoms with Crippen molar-refractivity contribution in [2.45, 2.75) is 32.7 Å². The molecule has 2 nitrogen and oxygen atoms in total. The second-order valence-corrected chi connectivity index (χ2v) is 3.83. The van der Waals surface area contributed by atoms with Gasteiger partial charge >= 0.3 is 0 Å². The Kier molecular flexibility index (Phi) is 3.70. The number of pyridine rings is 1. The number of nitrogens with zero attached hydrogens (tertiary/aromatic N) is 1. The number of hydrogen-bond acceptors (Lipinski definition) is 2. The highest BCUT2D eigenvalue weighted by Gasteiger charge is 2.00. The lowest BCUT2D eigenvalue weighted by atomic mass is 10.1. The molecule has 0 saturated carbocycles. The zero-order chi connectivity index (χ0) is 9.84. The van der Waals surface area contributed by atoms with Gasteiger partial charge in [0.25, 0.3) is 0 Å². The van der Waals surface area contributed by atoms with Crippen molar-refractivity contribution in [1.29, 1.82) is 0 Å². The first kappa shape index (κ1) is 10.5. The average Bonchev–Trinajstić information content (AvgIpc) is 2.07. The van der Waals surface area contributed by atoms with E-state index in [4.69, 9.17) is 17.3 Å². The summed E-state index contributed by atoms with van der Waals surface area (Å²) in [5.41, 5.74) is 7.90. The van der Waals surface area contributed by atoms with Crippen molar-refractivity contribution < 1.29 is 0 Å². The molecule has 0 fully saturated rings. The Morgan fingerprint density at radius 2 is 2.31 bits per heavy atom. The quantitative estimate of drug-likeness (QED) is 0.758. The van der Waals surface area contributed by atoms with E-state index in [9.17, 15) is 0 Å². The smallest absolute Gasteiger partial charge is 0.131 e. The number of aromatic nitrogens is 1. The maximum absolute atomic E-state index is 5.81. The first-order valence-electron chi connectivity index (χ1n) is 4.46. The highest BCUT2D eigenvalue weighted by atomic mass is 35.5.